The molecule has 3 atom stereocenters. The molecule has 1 saturated carbocycles. The lowest BCUT2D eigenvalue weighted by Gasteiger charge is -2.34. The highest BCUT2D eigenvalue weighted by molar-refractivity contribution is 7.22. The first-order valence-electron chi connectivity index (χ1n) is 15.4. The average Bonchev–Trinajstić information content (AvgIpc) is 3.56. The fourth-order valence-electron chi connectivity index (χ4n) is 7.33. The van der Waals surface area contributed by atoms with Gasteiger partial charge in [0, 0.05) is 55.7 Å². The van der Waals surface area contributed by atoms with Crippen LogP contribution in [0.4, 0.5) is 19.7 Å². The zero-order valence-electron chi connectivity index (χ0n) is 24.2. The number of nitrogens with zero attached hydrogens (tertiary/aromatic N) is 7. The number of alkyl halides is 1. The normalized spacial score (nSPS) is 25.5. The van der Waals surface area contributed by atoms with E-state index in [2.05, 4.69) is 26.2 Å². The van der Waals surface area contributed by atoms with Crippen molar-refractivity contribution in [3.05, 3.63) is 29.7 Å². The number of ether oxygens (including phenoxy) is 1. The SMILES string of the molecule is N#CC[C@H]1CN(c2nc(OC[C@@]34CCCN3C[C@H](F)C4)nc3cc(-c4ccc(F)c5sc(N)nc45)c(C4CC4)nc23)CCN1. The number of nitrogens with one attached hydrogen (secondary N) is 1. The summed E-state index contributed by atoms with van der Waals surface area (Å²) in [6.07, 6.45) is 3.91. The number of nitrogens with two attached hydrogens (primary N) is 1. The molecule has 0 unspecified atom stereocenters. The van der Waals surface area contributed by atoms with Gasteiger partial charge >= 0.3 is 6.01 Å². The number of benzene rings is 1. The average molecular weight is 618 g/mol. The first-order chi connectivity index (χ1) is 21.4. The smallest absolute Gasteiger partial charge is 0.319 e. The van der Waals surface area contributed by atoms with E-state index in [1.54, 1.807) is 6.07 Å². The number of thiazole rings is 1. The number of hydrogen-bond donors (Lipinski definition) is 2. The third kappa shape index (κ3) is 4.80. The third-order valence-electron chi connectivity index (χ3n) is 9.55. The Kier molecular flexibility index (Phi) is 6.77. The van der Waals surface area contributed by atoms with Gasteiger partial charge in [0.2, 0.25) is 0 Å². The van der Waals surface area contributed by atoms with Crippen molar-refractivity contribution < 1.29 is 13.5 Å². The lowest BCUT2D eigenvalue weighted by atomic mass is 9.95. The molecule has 3 aromatic heterocycles. The first kappa shape index (κ1) is 27.8. The predicted molar refractivity (Wildman–Crippen MR) is 165 cm³/mol. The monoisotopic (exact) mass is 617 g/mol. The summed E-state index contributed by atoms with van der Waals surface area (Å²) < 4.78 is 36.0. The summed E-state index contributed by atoms with van der Waals surface area (Å²) in [5.74, 6) is 0.584. The Labute approximate surface area is 257 Å². The van der Waals surface area contributed by atoms with Gasteiger partial charge in [0.25, 0.3) is 0 Å². The number of halogens is 2. The van der Waals surface area contributed by atoms with E-state index >= 15 is 0 Å². The number of nitriles is 1. The van der Waals surface area contributed by atoms with E-state index in [0.29, 0.717) is 77.8 Å². The zero-order chi connectivity index (χ0) is 30.0. The summed E-state index contributed by atoms with van der Waals surface area (Å²) >= 11 is 1.13. The number of hydrogen-bond acceptors (Lipinski definition) is 11. The summed E-state index contributed by atoms with van der Waals surface area (Å²) in [7, 11) is 0. The quantitative estimate of drug-likeness (QED) is 0.305. The summed E-state index contributed by atoms with van der Waals surface area (Å²) in [5, 5.41) is 13.1. The number of piperazine rings is 1. The molecule has 1 aromatic carbocycles. The molecule has 6 heterocycles. The van der Waals surface area contributed by atoms with Crippen LogP contribution >= 0.6 is 11.3 Å². The van der Waals surface area contributed by atoms with Crippen molar-refractivity contribution in [3.63, 3.8) is 0 Å². The molecule has 0 amide bonds. The lowest BCUT2D eigenvalue weighted by Crippen LogP contribution is -2.51. The Hall–Kier alpha value is -3.73. The Morgan fingerprint density at radius 2 is 2.02 bits per heavy atom. The Morgan fingerprint density at radius 3 is 2.86 bits per heavy atom. The van der Waals surface area contributed by atoms with Crippen LogP contribution in [-0.2, 0) is 0 Å². The third-order valence-corrected chi connectivity index (χ3v) is 10.4. The van der Waals surface area contributed by atoms with Gasteiger partial charge in [-0.15, -0.1) is 0 Å². The molecule has 1 aliphatic carbocycles. The molecule has 8 rings (SSSR count). The number of rotatable bonds is 7. The van der Waals surface area contributed by atoms with Crippen LogP contribution in [0.1, 0.15) is 50.1 Å². The van der Waals surface area contributed by atoms with Crippen molar-refractivity contribution in [2.45, 2.75) is 62.2 Å². The molecule has 4 aliphatic rings. The first-order valence-corrected chi connectivity index (χ1v) is 16.2. The van der Waals surface area contributed by atoms with Crippen LogP contribution in [-0.4, -0.2) is 81.9 Å². The van der Waals surface area contributed by atoms with E-state index in [1.165, 1.54) is 6.07 Å². The van der Waals surface area contributed by atoms with Crippen LogP contribution in [0.25, 0.3) is 32.4 Å². The highest BCUT2D eigenvalue weighted by atomic mass is 32.1. The second kappa shape index (κ2) is 10.7. The van der Waals surface area contributed by atoms with Gasteiger partial charge < -0.3 is 20.7 Å². The van der Waals surface area contributed by atoms with Gasteiger partial charge in [-0.25, -0.2) is 18.7 Å². The number of aromatic nitrogens is 4. The van der Waals surface area contributed by atoms with Crippen LogP contribution in [0.3, 0.4) is 0 Å². The second-order valence-corrected chi connectivity index (χ2v) is 13.6. The lowest BCUT2D eigenvalue weighted by molar-refractivity contribution is 0.107. The maximum absolute atomic E-state index is 14.8. The van der Waals surface area contributed by atoms with E-state index in [0.717, 1.165) is 60.4 Å². The molecule has 4 aromatic rings. The molecular weight excluding hydrogens is 584 g/mol. The highest BCUT2D eigenvalue weighted by Gasteiger charge is 2.49. The van der Waals surface area contributed by atoms with Gasteiger partial charge in [-0.2, -0.15) is 15.2 Å². The zero-order valence-corrected chi connectivity index (χ0v) is 25.0. The number of fused-ring (bicyclic) bond motifs is 3. The Balaban J connectivity index is 1.26. The Morgan fingerprint density at radius 1 is 1.14 bits per heavy atom. The molecule has 10 nitrogen and oxygen atoms in total. The number of nitrogen functional groups attached to an aromatic ring is 1. The van der Waals surface area contributed by atoms with Crippen LogP contribution in [0, 0.1) is 17.1 Å². The molecule has 3 N–H and O–H groups in total. The molecule has 3 saturated heterocycles. The second-order valence-electron chi connectivity index (χ2n) is 12.5. The molecule has 0 bridgehead atoms. The van der Waals surface area contributed by atoms with Gasteiger partial charge in [-0.1, -0.05) is 11.3 Å². The summed E-state index contributed by atoms with van der Waals surface area (Å²) in [5.41, 5.74) is 10.0. The van der Waals surface area contributed by atoms with Gasteiger partial charge in [0.15, 0.2) is 10.9 Å². The van der Waals surface area contributed by atoms with Crippen LogP contribution in [0.2, 0.25) is 0 Å². The minimum Gasteiger partial charge on any atom is -0.461 e. The van der Waals surface area contributed by atoms with Crippen LogP contribution in [0.15, 0.2) is 18.2 Å². The molecule has 4 fully saturated rings. The van der Waals surface area contributed by atoms with E-state index in [9.17, 15) is 14.0 Å². The predicted octanol–water partition coefficient (Wildman–Crippen LogP) is 4.55. The van der Waals surface area contributed by atoms with Crippen molar-refractivity contribution in [2.24, 2.45) is 0 Å². The topological polar surface area (TPSA) is 129 Å². The van der Waals surface area contributed by atoms with E-state index in [4.69, 9.17) is 25.4 Å². The maximum Gasteiger partial charge on any atom is 0.319 e. The molecule has 44 heavy (non-hydrogen) atoms. The summed E-state index contributed by atoms with van der Waals surface area (Å²) in [6.45, 7) is 3.62. The molecular formula is C31H33F2N9OS. The van der Waals surface area contributed by atoms with Gasteiger partial charge in [0.05, 0.1) is 39.5 Å². The largest absolute Gasteiger partial charge is 0.461 e. The van der Waals surface area contributed by atoms with E-state index < -0.39 is 6.17 Å². The van der Waals surface area contributed by atoms with Gasteiger partial charge in [0.1, 0.15) is 24.1 Å². The van der Waals surface area contributed by atoms with Crippen LogP contribution < -0.4 is 20.7 Å². The number of anilines is 2. The molecule has 0 spiro atoms. The number of pyridine rings is 1. The van der Waals surface area contributed by atoms with Crippen LogP contribution in [0.5, 0.6) is 6.01 Å². The van der Waals surface area contributed by atoms with Crippen molar-refractivity contribution in [1.82, 2.24) is 30.2 Å². The Bertz CT molecular complexity index is 1810. The van der Waals surface area contributed by atoms with E-state index in [1.807, 2.05) is 6.07 Å². The fourth-order valence-corrected chi connectivity index (χ4v) is 8.09. The summed E-state index contributed by atoms with van der Waals surface area (Å²) in [6, 6.07) is 7.70. The molecule has 13 heteroatoms. The standard InChI is InChI=1S/C31H33F2N9OS/c32-18-13-31(7-1-10-42(31)14-18)16-43-30-37-23-12-21(20-4-5-22(33)27-25(20)39-29(35)44-27)24(17-2-3-17)38-26(23)28(40-30)41-11-9-36-19(15-41)6-8-34/h4-5,12,17-19,36H,1-3,6-7,9-11,13-16H2,(H2,35,39)/t18-,19+,31+/m1/s1. The maximum atomic E-state index is 14.8. The minimum atomic E-state index is -0.857. The molecule has 228 valence electrons. The van der Waals surface area contributed by atoms with Gasteiger partial charge in [-0.05, 0) is 50.4 Å². The van der Waals surface area contributed by atoms with Crippen molar-refractivity contribution in [3.8, 4) is 23.2 Å². The van der Waals surface area contributed by atoms with E-state index in [-0.39, 0.29) is 29.3 Å². The summed E-state index contributed by atoms with van der Waals surface area (Å²) in [4.78, 5) is 23.9. The fraction of sp³-hybridized carbons (Fsp3) is 0.516. The van der Waals surface area contributed by atoms with Crippen molar-refractivity contribution in [2.75, 3.05) is 50.0 Å². The minimum absolute atomic E-state index is 0.00107. The van der Waals surface area contributed by atoms with Crippen molar-refractivity contribution >= 4 is 43.5 Å². The molecule has 3 aliphatic heterocycles. The molecule has 0 radical (unpaired) electrons. The highest BCUT2D eigenvalue weighted by Crippen LogP contribution is 2.47. The van der Waals surface area contributed by atoms with Gasteiger partial charge in [-0.3, -0.25) is 4.90 Å². The van der Waals surface area contributed by atoms with Crippen molar-refractivity contribution in [1.29, 1.82) is 5.26 Å².